The van der Waals surface area contributed by atoms with Crippen molar-refractivity contribution in [1.82, 2.24) is 5.43 Å². The van der Waals surface area contributed by atoms with E-state index in [1.54, 1.807) is 37.6 Å². The molecule has 0 fully saturated rings. The van der Waals surface area contributed by atoms with Crippen LogP contribution < -0.4 is 15.1 Å². The largest absolute Gasteiger partial charge is 0.497 e. The number of hydrazone groups is 1. The van der Waals surface area contributed by atoms with E-state index < -0.39 is 0 Å². The number of hydrogen-bond acceptors (Lipinski definition) is 4. The Balaban J connectivity index is 1.59. The first-order valence-corrected chi connectivity index (χ1v) is 8.53. The average Bonchev–Trinajstić information content (AvgIpc) is 2.74. The van der Waals surface area contributed by atoms with Crippen LogP contribution in [0.15, 0.2) is 84.0 Å². The van der Waals surface area contributed by atoms with Gasteiger partial charge in [0.25, 0.3) is 5.91 Å². The van der Waals surface area contributed by atoms with Gasteiger partial charge in [0, 0.05) is 24.0 Å². The normalized spacial score (nSPS) is 10.6. The number of carbonyl (C=O) groups excluding carboxylic acids is 1. The van der Waals surface area contributed by atoms with Crippen LogP contribution in [0.4, 0.5) is 11.4 Å². The number of nitrogens with zero attached hydrogens (tertiary/aromatic N) is 2. The van der Waals surface area contributed by atoms with Gasteiger partial charge in [0.15, 0.2) is 0 Å². The second-order valence-electron chi connectivity index (χ2n) is 5.91. The van der Waals surface area contributed by atoms with Crippen molar-refractivity contribution in [3.8, 4) is 5.75 Å². The molecule has 27 heavy (non-hydrogen) atoms. The van der Waals surface area contributed by atoms with Gasteiger partial charge in [0.1, 0.15) is 5.75 Å². The highest BCUT2D eigenvalue weighted by Crippen LogP contribution is 2.22. The lowest BCUT2D eigenvalue weighted by molar-refractivity contribution is 0.0955. The molecular formula is C22H21N3O2. The number of methoxy groups -OCH3 is 1. The fourth-order valence-corrected chi connectivity index (χ4v) is 2.56. The summed E-state index contributed by atoms with van der Waals surface area (Å²) in [5, 5.41) is 4.02. The van der Waals surface area contributed by atoms with Crippen LogP contribution in [-0.4, -0.2) is 26.3 Å². The minimum atomic E-state index is -0.269. The van der Waals surface area contributed by atoms with Gasteiger partial charge in [-0.05, 0) is 54.1 Å². The van der Waals surface area contributed by atoms with Gasteiger partial charge in [-0.25, -0.2) is 5.43 Å². The lowest BCUT2D eigenvalue weighted by Crippen LogP contribution is -2.17. The van der Waals surface area contributed by atoms with Crippen molar-refractivity contribution in [3.05, 3.63) is 90.0 Å². The number of nitrogens with one attached hydrogen (secondary N) is 1. The molecule has 1 amide bonds. The molecule has 3 aromatic carbocycles. The molecule has 0 saturated heterocycles. The van der Waals surface area contributed by atoms with Gasteiger partial charge < -0.3 is 9.64 Å². The summed E-state index contributed by atoms with van der Waals surface area (Å²) in [7, 11) is 3.61. The molecule has 0 aliphatic heterocycles. The molecule has 0 radical (unpaired) electrons. The van der Waals surface area contributed by atoms with Gasteiger partial charge >= 0.3 is 0 Å². The summed E-state index contributed by atoms with van der Waals surface area (Å²) in [4.78, 5) is 14.2. The van der Waals surface area contributed by atoms with E-state index in [-0.39, 0.29) is 5.91 Å². The van der Waals surface area contributed by atoms with E-state index in [0.29, 0.717) is 11.3 Å². The summed E-state index contributed by atoms with van der Waals surface area (Å²) in [6.07, 6.45) is 1.62. The summed E-state index contributed by atoms with van der Waals surface area (Å²) in [6, 6.07) is 24.9. The summed E-state index contributed by atoms with van der Waals surface area (Å²) < 4.78 is 5.08. The molecule has 0 aliphatic rings. The molecule has 3 rings (SSSR count). The number of carbonyl (C=O) groups is 1. The van der Waals surface area contributed by atoms with E-state index in [1.165, 1.54) is 0 Å². The molecule has 5 nitrogen and oxygen atoms in total. The Morgan fingerprint density at radius 2 is 1.56 bits per heavy atom. The van der Waals surface area contributed by atoms with Gasteiger partial charge in [-0.2, -0.15) is 5.10 Å². The number of rotatable bonds is 6. The minimum Gasteiger partial charge on any atom is -0.497 e. The second kappa shape index (κ2) is 8.67. The molecule has 0 bridgehead atoms. The topological polar surface area (TPSA) is 53.9 Å². The summed E-state index contributed by atoms with van der Waals surface area (Å²) in [5.41, 5.74) is 6.13. The predicted octanol–water partition coefficient (Wildman–Crippen LogP) is 4.23. The lowest BCUT2D eigenvalue weighted by atomic mass is 10.2. The van der Waals surface area contributed by atoms with E-state index >= 15 is 0 Å². The van der Waals surface area contributed by atoms with Crippen LogP contribution in [0.5, 0.6) is 5.75 Å². The number of hydrogen-bond donors (Lipinski definition) is 1. The smallest absolute Gasteiger partial charge is 0.271 e. The quantitative estimate of drug-likeness (QED) is 0.529. The van der Waals surface area contributed by atoms with E-state index in [1.807, 2.05) is 49.5 Å². The average molecular weight is 359 g/mol. The Kier molecular flexibility index (Phi) is 5.84. The van der Waals surface area contributed by atoms with Crippen molar-refractivity contribution >= 4 is 23.5 Å². The Hall–Kier alpha value is -3.60. The van der Waals surface area contributed by atoms with Crippen LogP contribution in [-0.2, 0) is 0 Å². The summed E-state index contributed by atoms with van der Waals surface area (Å²) >= 11 is 0. The number of anilines is 2. The van der Waals surface area contributed by atoms with E-state index in [0.717, 1.165) is 16.9 Å². The second-order valence-corrected chi connectivity index (χ2v) is 5.91. The maximum atomic E-state index is 12.1. The van der Waals surface area contributed by atoms with Crippen molar-refractivity contribution in [3.63, 3.8) is 0 Å². The van der Waals surface area contributed by atoms with Gasteiger partial charge in [0.2, 0.25) is 0 Å². The Morgan fingerprint density at radius 1 is 0.926 bits per heavy atom. The molecule has 0 spiro atoms. The van der Waals surface area contributed by atoms with Gasteiger partial charge in [-0.3, -0.25) is 4.79 Å². The molecule has 0 saturated carbocycles. The Bertz CT molecular complexity index is 905. The molecule has 1 N–H and O–H groups in total. The van der Waals surface area contributed by atoms with Crippen molar-refractivity contribution in [1.29, 1.82) is 0 Å². The lowest BCUT2D eigenvalue weighted by Gasteiger charge is -2.19. The number of para-hydroxylation sites is 1. The van der Waals surface area contributed by atoms with E-state index in [9.17, 15) is 4.79 Å². The molecule has 0 aliphatic carbocycles. The molecular weight excluding hydrogens is 338 g/mol. The van der Waals surface area contributed by atoms with Gasteiger partial charge in [-0.15, -0.1) is 0 Å². The third kappa shape index (κ3) is 4.73. The van der Waals surface area contributed by atoms with Crippen molar-refractivity contribution in [2.45, 2.75) is 0 Å². The standard InChI is InChI=1S/C22H21N3O2/c1-25(19-6-4-3-5-7-19)20-12-8-17(9-13-20)16-23-24-22(26)18-10-14-21(27-2)15-11-18/h3-16H,1-2H3,(H,24,26)/b23-16-. The monoisotopic (exact) mass is 359 g/mol. The zero-order valence-electron chi connectivity index (χ0n) is 15.3. The third-order valence-electron chi connectivity index (χ3n) is 4.16. The summed E-state index contributed by atoms with van der Waals surface area (Å²) in [6.45, 7) is 0. The molecule has 0 heterocycles. The molecule has 136 valence electrons. The Morgan fingerprint density at radius 3 is 2.19 bits per heavy atom. The highest BCUT2D eigenvalue weighted by atomic mass is 16.5. The fourth-order valence-electron chi connectivity index (χ4n) is 2.56. The van der Waals surface area contributed by atoms with Crippen LogP contribution >= 0.6 is 0 Å². The maximum absolute atomic E-state index is 12.1. The van der Waals surface area contributed by atoms with E-state index in [2.05, 4.69) is 27.6 Å². The maximum Gasteiger partial charge on any atom is 0.271 e. The zero-order valence-corrected chi connectivity index (χ0v) is 15.3. The first kappa shape index (κ1) is 18.2. The fraction of sp³-hybridized carbons (Fsp3) is 0.0909. The van der Waals surface area contributed by atoms with Crippen LogP contribution in [0, 0.1) is 0 Å². The van der Waals surface area contributed by atoms with Gasteiger partial charge in [-0.1, -0.05) is 30.3 Å². The minimum absolute atomic E-state index is 0.269. The van der Waals surface area contributed by atoms with Crippen LogP contribution in [0.25, 0.3) is 0 Å². The molecule has 0 atom stereocenters. The van der Waals surface area contributed by atoms with Crippen molar-refractivity contribution in [2.24, 2.45) is 5.10 Å². The third-order valence-corrected chi connectivity index (χ3v) is 4.16. The first-order chi connectivity index (χ1) is 13.2. The Labute approximate surface area is 158 Å². The molecule has 0 aromatic heterocycles. The van der Waals surface area contributed by atoms with Crippen LogP contribution in [0.3, 0.4) is 0 Å². The van der Waals surface area contributed by atoms with Crippen molar-refractivity contribution < 1.29 is 9.53 Å². The highest BCUT2D eigenvalue weighted by Gasteiger charge is 2.04. The van der Waals surface area contributed by atoms with E-state index in [4.69, 9.17) is 4.74 Å². The number of amides is 1. The molecule has 5 heteroatoms. The first-order valence-electron chi connectivity index (χ1n) is 8.53. The SMILES string of the molecule is COc1ccc(C(=O)N/N=C\c2ccc(N(C)c3ccccc3)cc2)cc1. The van der Waals surface area contributed by atoms with Crippen LogP contribution in [0.2, 0.25) is 0 Å². The number of ether oxygens (including phenoxy) is 1. The highest BCUT2D eigenvalue weighted by molar-refractivity contribution is 5.95. The molecule has 0 unspecified atom stereocenters. The molecule has 3 aromatic rings. The summed E-state index contributed by atoms with van der Waals surface area (Å²) in [5.74, 6) is 0.435. The van der Waals surface area contributed by atoms with Crippen molar-refractivity contribution in [2.75, 3.05) is 19.1 Å². The number of benzene rings is 3. The van der Waals surface area contributed by atoms with Gasteiger partial charge in [0.05, 0.1) is 13.3 Å². The zero-order chi connectivity index (χ0) is 19.1. The predicted molar refractivity (Wildman–Crippen MR) is 109 cm³/mol. The van der Waals surface area contributed by atoms with Crippen LogP contribution in [0.1, 0.15) is 15.9 Å².